The molecule has 6 nitrogen and oxygen atoms in total. The number of sulfone groups is 1. The number of benzene rings is 2. The number of hydrogen-bond donors (Lipinski definition) is 0. The second-order valence-electron chi connectivity index (χ2n) is 5.87. The Morgan fingerprint density at radius 3 is 1.78 bits per heavy atom. The molecule has 0 atom stereocenters. The zero-order valence-electron chi connectivity index (χ0n) is 15.7. The predicted octanol–water partition coefficient (Wildman–Crippen LogP) is 4.82. The fraction of sp³-hybridized carbons (Fsp3) is 0.250. The molecular weight excluding hydrogens is 362 g/mol. The van der Waals surface area contributed by atoms with Gasteiger partial charge in [0.1, 0.15) is 4.91 Å². The summed E-state index contributed by atoms with van der Waals surface area (Å²) in [6.07, 6.45) is 0. The summed E-state index contributed by atoms with van der Waals surface area (Å²) in [5.41, 5.74) is 2.34. The maximum absolute atomic E-state index is 12.2. The Morgan fingerprint density at radius 1 is 0.926 bits per heavy atom. The number of allylic oxidation sites excluding steroid dienone is 1. The molecule has 0 fully saturated rings. The van der Waals surface area contributed by atoms with Crippen LogP contribution in [0.2, 0.25) is 0 Å². The third-order valence-corrected chi connectivity index (χ3v) is 5.95. The summed E-state index contributed by atoms with van der Waals surface area (Å²) in [5.74, 6) is -0.577. The lowest BCUT2D eigenvalue weighted by atomic mass is 10.2. The average molecular weight is 385 g/mol. The van der Waals surface area contributed by atoms with Crippen molar-refractivity contribution >= 4 is 32.7 Å². The molecule has 0 amide bonds. The van der Waals surface area contributed by atoms with Gasteiger partial charge in [0.25, 0.3) is 0 Å². The molecule has 7 heteroatoms. The number of carbonyl (C=O) groups excluding carboxylic acids is 1. The molecule has 0 heterocycles. The van der Waals surface area contributed by atoms with Crippen molar-refractivity contribution in [2.75, 3.05) is 18.0 Å². The quantitative estimate of drug-likeness (QED) is 0.482. The number of carbonyl (C=O) groups is 1. The van der Waals surface area contributed by atoms with Crippen molar-refractivity contribution in [3.63, 3.8) is 0 Å². The number of azo groups is 1. The Labute approximate surface area is 160 Å². The van der Waals surface area contributed by atoms with Gasteiger partial charge in [0.05, 0.1) is 16.3 Å². The van der Waals surface area contributed by atoms with Gasteiger partial charge in [-0.25, -0.2) is 8.42 Å². The number of rotatable bonds is 8. The average Bonchev–Trinajstić information content (AvgIpc) is 2.68. The molecule has 2 aromatic rings. The Kier molecular flexibility index (Phi) is 6.63. The molecule has 27 heavy (non-hydrogen) atoms. The summed E-state index contributed by atoms with van der Waals surface area (Å²) in [6.45, 7) is 10.6. The third kappa shape index (κ3) is 4.89. The molecule has 2 rings (SSSR count). The van der Waals surface area contributed by atoms with E-state index in [1.54, 1.807) is 0 Å². The van der Waals surface area contributed by atoms with E-state index >= 15 is 0 Å². The first-order valence-corrected chi connectivity index (χ1v) is 10.1. The molecule has 142 valence electrons. The van der Waals surface area contributed by atoms with Crippen LogP contribution in [0.4, 0.5) is 17.1 Å². The van der Waals surface area contributed by atoms with Gasteiger partial charge in [0.2, 0.25) is 9.84 Å². The molecule has 0 unspecified atom stereocenters. The number of Topliss-reactive ketones (excluding diaryl/α,β-unsaturated/α-hetero) is 1. The topological polar surface area (TPSA) is 79.2 Å². The van der Waals surface area contributed by atoms with Gasteiger partial charge in [-0.1, -0.05) is 6.58 Å². The van der Waals surface area contributed by atoms with Crippen LogP contribution in [-0.4, -0.2) is 27.3 Å². The molecule has 2 aromatic carbocycles. The zero-order chi connectivity index (χ0) is 20.0. The predicted molar refractivity (Wildman–Crippen MR) is 108 cm³/mol. The van der Waals surface area contributed by atoms with Crippen molar-refractivity contribution in [3.05, 3.63) is 60.0 Å². The van der Waals surface area contributed by atoms with E-state index < -0.39 is 20.5 Å². The van der Waals surface area contributed by atoms with Crippen molar-refractivity contribution in [1.29, 1.82) is 0 Å². The number of ketones is 1. The number of nitrogens with zero attached hydrogens (tertiary/aromatic N) is 3. The second kappa shape index (κ2) is 8.73. The maximum Gasteiger partial charge on any atom is 0.209 e. The van der Waals surface area contributed by atoms with Gasteiger partial charge in [-0.3, -0.25) is 4.79 Å². The molecule has 0 aliphatic carbocycles. The fourth-order valence-electron chi connectivity index (χ4n) is 2.46. The Morgan fingerprint density at radius 2 is 1.37 bits per heavy atom. The van der Waals surface area contributed by atoms with Gasteiger partial charge >= 0.3 is 0 Å². The van der Waals surface area contributed by atoms with Crippen molar-refractivity contribution in [3.8, 4) is 0 Å². The van der Waals surface area contributed by atoms with Crippen LogP contribution in [0.5, 0.6) is 0 Å². The highest BCUT2D eigenvalue weighted by Crippen LogP contribution is 2.25. The first kappa shape index (κ1) is 20.5. The van der Waals surface area contributed by atoms with E-state index in [-0.39, 0.29) is 4.90 Å². The lowest BCUT2D eigenvalue weighted by molar-refractivity contribution is -0.113. The lowest BCUT2D eigenvalue weighted by Gasteiger charge is -2.20. The molecule has 0 radical (unpaired) electrons. The third-order valence-electron chi connectivity index (χ3n) is 4.12. The molecule has 0 aliphatic rings. The number of anilines is 1. The molecule has 0 aliphatic heterocycles. The molecule has 0 spiro atoms. The molecule has 0 bridgehead atoms. The zero-order valence-corrected chi connectivity index (χ0v) is 16.5. The van der Waals surface area contributed by atoms with Crippen molar-refractivity contribution < 1.29 is 13.2 Å². The van der Waals surface area contributed by atoms with Crippen molar-refractivity contribution in [2.24, 2.45) is 10.2 Å². The first-order valence-electron chi connectivity index (χ1n) is 8.61. The van der Waals surface area contributed by atoms with Crippen LogP contribution >= 0.6 is 0 Å². The van der Waals surface area contributed by atoms with E-state index in [0.29, 0.717) is 11.4 Å². The van der Waals surface area contributed by atoms with Gasteiger partial charge in [-0.15, -0.1) is 0 Å². The van der Waals surface area contributed by atoms with E-state index in [0.717, 1.165) is 18.8 Å². The highest BCUT2D eigenvalue weighted by Gasteiger charge is 2.21. The standard InChI is InChI=1S/C20H23N3O3S/c1-5-23(6-2)19-11-7-17(8-12-19)21-22-18-9-13-20(14-10-18)27(25,26)16(4)15(3)24/h7-14H,4-6H2,1-3H3. The minimum absolute atomic E-state index is 0.00484. The van der Waals surface area contributed by atoms with E-state index in [1.807, 2.05) is 24.3 Å². The highest BCUT2D eigenvalue weighted by atomic mass is 32.2. The largest absolute Gasteiger partial charge is 0.372 e. The van der Waals surface area contributed by atoms with Crippen LogP contribution in [0.1, 0.15) is 20.8 Å². The van der Waals surface area contributed by atoms with Crippen molar-refractivity contribution in [2.45, 2.75) is 25.7 Å². The highest BCUT2D eigenvalue weighted by molar-refractivity contribution is 7.96. The lowest BCUT2D eigenvalue weighted by Crippen LogP contribution is -2.21. The van der Waals surface area contributed by atoms with Gasteiger partial charge < -0.3 is 4.90 Å². The number of hydrogen-bond acceptors (Lipinski definition) is 6. The fourth-order valence-corrected chi connectivity index (χ4v) is 3.62. The summed E-state index contributed by atoms with van der Waals surface area (Å²) in [5, 5.41) is 8.29. The summed E-state index contributed by atoms with van der Waals surface area (Å²) < 4.78 is 24.4. The van der Waals surface area contributed by atoms with Crippen LogP contribution < -0.4 is 4.90 Å². The monoisotopic (exact) mass is 385 g/mol. The molecule has 0 aromatic heterocycles. The van der Waals surface area contributed by atoms with Crippen LogP contribution in [0, 0.1) is 0 Å². The van der Waals surface area contributed by atoms with Crippen molar-refractivity contribution in [1.82, 2.24) is 0 Å². The van der Waals surface area contributed by atoms with E-state index in [1.165, 1.54) is 31.2 Å². The Balaban J connectivity index is 2.14. The van der Waals surface area contributed by atoms with Gasteiger partial charge in [-0.05, 0) is 69.3 Å². The molecule has 0 saturated carbocycles. The van der Waals surface area contributed by atoms with E-state index in [9.17, 15) is 13.2 Å². The minimum Gasteiger partial charge on any atom is -0.372 e. The van der Waals surface area contributed by atoms with Crippen LogP contribution in [-0.2, 0) is 14.6 Å². The second-order valence-corrected chi connectivity index (χ2v) is 7.84. The van der Waals surface area contributed by atoms with Gasteiger partial charge in [0.15, 0.2) is 5.78 Å². The molecule has 0 saturated heterocycles. The summed E-state index contributed by atoms with van der Waals surface area (Å²) in [7, 11) is -3.86. The van der Waals surface area contributed by atoms with E-state index in [4.69, 9.17) is 0 Å². The van der Waals surface area contributed by atoms with Gasteiger partial charge in [-0.2, -0.15) is 10.2 Å². The summed E-state index contributed by atoms with van der Waals surface area (Å²) in [6, 6.07) is 13.6. The molecular formula is C20H23N3O3S. The molecule has 0 N–H and O–H groups in total. The normalized spacial score (nSPS) is 11.5. The maximum atomic E-state index is 12.2. The van der Waals surface area contributed by atoms with E-state index in [2.05, 4.69) is 35.6 Å². The Bertz CT molecular complexity index is 943. The smallest absolute Gasteiger partial charge is 0.209 e. The summed E-state index contributed by atoms with van der Waals surface area (Å²) in [4.78, 5) is 13.1. The SMILES string of the molecule is C=C(C(C)=O)S(=O)(=O)c1ccc(N=Nc2ccc(N(CC)CC)cc2)cc1. The minimum atomic E-state index is -3.86. The van der Waals surface area contributed by atoms with Crippen LogP contribution in [0.15, 0.2) is 75.1 Å². The van der Waals surface area contributed by atoms with Crippen LogP contribution in [0.3, 0.4) is 0 Å². The first-order chi connectivity index (χ1) is 12.8. The summed E-state index contributed by atoms with van der Waals surface area (Å²) >= 11 is 0. The van der Waals surface area contributed by atoms with Gasteiger partial charge in [0, 0.05) is 18.8 Å². The van der Waals surface area contributed by atoms with Crippen LogP contribution in [0.25, 0.3) is 0 Å². The Hall–Kier alpha value is -2.80.